The molecule has 1 unspecified atom stereocenters. The Morgan fingerprint density at radius 1 is 1.08 bits per heavy atom. The summed E-state index contributed by atoms with van der Waals surface area (Å²) in [4.78, 5) is 47.0. The fourth-order valence-electron chi connectivity index (χ4n) is 5.13. The molecule has 1 saturated carbocycles. The van der Waals surface area contributed by atoms with Gasteiger partial charge in [-0.05, 0) is 52.7 Å². The molecule has 4 amide bonds. The number of nitrogens with one attached hydrogen (secondary N) is 2. The zero-order valence-corrected chi connectivity index (χ0v) is 22.5. The number of carbonyl (C=O) groups is 3. The van der Waals surface area contributed by atoms with Gasteiger partial charge >= 0.3 is 12.1 Å². The second kappa shape index (κ2) is 11.4. The van der Waals surface area contributed by atoms with Gasteiger partial charge in [-0.15, -0.1) is 0 Å². The molecule has 0 radical (unpaired) electrons. The van der Waals surface area contributed by atoms with Crippen molar-refractivity contribution in [3.05, 3.63) is 30.1 Å². The van der Waals surface area contributed by atoms with Crippen LogP contribution < -0.4 is 10.6 Å². The second-order valence-corrected chi connectivity index (χ2v) is 11.0. The zero-order valence-electron chi connectivity index (χ0n) is 22.5. The zero-order chi connectivity index (χ0) is 26.6. The van der Waals surface area contributed by atoms with Gasteiger partial charge in [-0.1, -0.05) is 31.4 Å². The third-order valence-electron chi connectivity index (χ3n) is 7.01. The van der Waals surface area contributed by atoms with E-state index in [-0.39, 0.29) is 31.1 Å². The van der Waals surface area contributed by atoms with Crippen LogP contribution in [0.15, 0.2) is 24.3 Å². The summed E-state index contributed by atoms with van der Waals surface area (Å²) in [5, 5.41) is 6.11. The molecule has 10 heteroatoms. The van der Waals surface area contributed by atoms with Crippen molar-refractivity contribution in [1.82, 2.24) is 30.0 Å². The Hall–Kier alpha value is -3.30. The average Bonchev–Trinajstić information content (AvgIpc) is 3.18. The first-order valence-electron chi connectivity index (χ1n) is 13.4. The lowest BCUT2D eigenvalue weighted by Crippen LogP contribution is -2.64. The maximum atomic E-state index is 13.4. The van der Waals surface area contributed by atoms with Gasteiger partial charge in [0, 0.05) is 32.2 Å². The average molecular weight is 513 g/mol. The lowest BCUT2D eigenvalue weighted by molar-refractivity contribution is -0.127. The second-order valence-electron chi connectivity index (χ2n) is 11.0. The first kappa shape index (κ1) is 26.8. The molecule has 37 heavy (non-hydrogen) atoms. The van der Waals surface area contributed by atoms with Crippen LogP contribution in [0, 0.1) is 6.92 Å². The van der Waals surface area contributed by atoms with Crippen molar-refractivity contribution in [2.45, 2.75) is 84.0 Å². The standard InChI is InChI=1S/C27H40N6O4/c1-19-29-21-12-8-9-13-22(21)32(19)15-14-28-24(34)23-18-31(26(36)37-27(2,3)4)16-17-33(23)25(35)30-20-10-6-5-7-11-20/h8-9,12-13,20,23H,5-7,10-11,14-18H2,1-4H3,(H,28,34)(H,30,35). The normalized spacial score (nSPS) is 19.1. The van der Waals surface area contributed by atoms with Crippen LogP contribution in [-0.4, -0.2) is 81.2 Å². The molecule has 202 valence electrons. The lowest BCUT2D eigenvalue weighted by atomic mass is 9.95. The third-order valence-corrected chi connectivity index (χ3v) is 7.01. The van der Waals surface area contributed by atoms with Crippen molar-refractivity contribution in [3.63, 3.8) is 0 Å². The number of hydrogen-bond acceptors (Lipinski definition) is 5. The van der Waals surface area contributed by atoms with E-state index in [4.69, 9.17) is 4.74 Å². The molecule has 2 heterocycles. The van der Waals surface area contributed by atoms with Crippen LogP contribution in [0.2, 0.25) is 0 Å². The highest BCUT2D eigenvalue weighted by molar-refractivity contribution is 5.88. The lowest BCUT2D eigenvalue weighted by Gasteiger charge is -2.41. The highest BCUT2D eigenvalue weighted by atomic mass is 16.6. The fourth-order valence-corrected chi connectivity index (χ4v) is 5.13. The highest BCUT2D eigenvalue weighted by Crippen LogP contribution is 2.20. The van der Waals surface area contributed by atoms with E-state index in [0.717, 1.165) is 42.5 Å². The minimum absolute atomic E-state index is 0.0892. The van der Waals surface area contributed by atoms with Gasteiger partial charge < -0.3 is 29.7 Å². The first-order valence-corrected chi connectivity index (χ1v) is 13.4. The Morgan fingerprint density at radius 3 is 2.54 bits per heavy atom. The Morgan fingerprint density at radius 2 is 1.81 bits per heavy atom. The maximum Gasteiger partial charge on any atom is 0.410 e. The van der Waals surface area contributed by atoms with Crippen molar-refractivity contribution in [3.8, 4) is 0 Å². The summed E-state index contributed by atoms with van der Waals surface area (Å²) in [6.07, 6.45) is 4.83. The first-order chi connectivity index (χ1) is 17.6. The van der Waals surface area contributed by atoms with Crippen molar-refractivity contribution < 1.29 is 19.1 Å². The number of aryl methyl sites for hydroxylation is 1. The fraction of sp³-hybridized carbons (Fsp3) is 0.630. The van der Waals surface area contributed by atoms with Crippen LogP contribution >= 0.6 is 0 Å². The van der Waals surface area contributed by atoms with E-state index in [2.05, 4.69) is 20.2 Å². The number of para-hydroxylation sites is 2. The molecular weight excluding hydrogens is 472 g/mol. The van der Waals surface area contributed by atoms with Crippen molar-refractivity contribution in [1.29, 1.82) is 0 Å². The van der Waals surface area contributed by atoms with E-state index in [0.29, 0.717) is 19.6 Å². The van der Waals surface area contributed by atoms with Gasteiger partial charge in [-0.25, -0.2) is 14.6 Å². The summed E-state index contributed by atoms with van der Waals surface area (Å²) in [7, 11) is 0. The van der Waals surface area contributed by atoms with Crippen molar-refractivity contribution >= 4 is 29.1 Å². The molecule has 1 atom stereocenters. The largest absolute Gasteiger partial charge is 0.444 e. The third kappa shape index (κ3) is 6.72. The number of benzene rings is 1. The molecule has 2 aromatic rings. The molecule has 1 saturated heterocycles. The predicted octanol–water partition coefficient (Wildman–Crippen LogP) is 3.42. The van der Waals surface area contributed by atoms with E-state index < -0.39 is 17.7 Å². The van der Waals surface area contributed by atoms with Crippen LogP contribution in [0.3, 0.4) is 0 Å². The molecular formula is C27H40N6O4. The van der Waals surface area contributed by atoms with Crippen LogP contribution in [0.4, 0.5) is 9.59 Å². The number of nitrogens with zero attached hydrogens (tertiary/aromatic N) is 4. The molecule has 0 bridgehead atoms. The molecule has 1 aromatic carbocycles. The SMILES string of the molecule is Cc1nc2ccccc2n1CCNC(=O)C1CN(C(=O)OC(C)(C)C)CCN1C(=O)NC1CCCCC1. The molecule has 1 aliphatic carbocycles. The minimum Gasteiger partial charge on any atom is -0.444 e. The summed E-state index contributed by atoms with van der Waals surface area (Å²) in [5.41, 5.74) is 1.28. The predicted molar refractivity (Wildman–Crippen MR) is 141 cm³/mol. The molecule has 0 spiro atoms. The van der Waals surface area contributed by atoms with Gasteiger partial charge in [-0.2, -0.15) is 0 Å². The number of urea groups is 1. The number of ether oxygens (including phenoxy) is 1. The van der Waals surface area contributed by atoms with Gasteiger partial charge in [0.2, 0.25) is 5.91 Å². The number of amides is 4. The number of imidazole rings is 1. The monoisotopic (exact) mass is 512 g/mol. The van der Waals surface area contributed by atoms with Crippen LogP contribution in [0.25, 0.3) is 11.0 Å². The van der Waals surface area contributed by atoms with Crippen LogP contribution in [-0.2, 0) is 16.1 Å². The van der Waals surface area contributed by atoms with Gasteiger partial charge in [0.05, 0.1) is 17.6 Å². The van der Waals surface area contributed by atoms with E-state index >= 15 is 0 Å². The Kier molecular flexibility index (Phi) is 8.24. The number of carbonyl (C=O) groups excluding carboxylic acids is 3. The molecule has 1 aliphatic heterocycles. The summed E-state index contributed by atoms with van der Waals surface area (Å²) in [5.74, 6) is 0.590. The van der Waals surface area contributed by atoms with Gasteiger partial charge in [0.15, 0.2) is 0 Å². The van der Waals surface area contributed by atoms with E-state index in [1.807, 2.05) is 52.0 Å². The van der Waals surface area contributed by atoms with E-state index in [1.54, 1.807) is 4.90 Å². The Bertz CT molecular complexity index is 1120. The number of fused-ring (bicyclic) bond motifs is 1. The molecule has 2 fully saturated rings. The molecule has 1 aromatic heterocycles. The topological polar surface area (TPSA) is 109 Å². The number of rotatable bonds is 5. The van der Waals surface area contributed by atoms with E-state index in [9.17, 15) is 14.4 Å². The van der Waals surface area contributed by atoms with Crippen molar-refractivity contribution in [2.24, 2.45) is 0 Å². The summed E-state index contributed by atoms with van der Waals surface area (Å²) in [6.45, 7) is 8.97. The summed E-state index contributed by atoms with van der Waals surface area (Å²) >= 11 is 0. The number of aromatic nitrogens is 2. The van der Waals surface area contributed by atoms with Gasteiger partial charge in [0.25, 0.3) is 0 Å². The Balaban J connectivity index is 1.43. The quantitative estimate of drug-likeness (QED) is 0.638. The summed E-state index contributed by atoms with van der Waals surface area (Å²) < 4.78 is 7.60. The molecule has 2 aliphatic rings. The molecule has 4 rings (SSSR count). The minimum atomic E-state index is -0.800. The molecule has 10 nitrogen and oxygen atoms in total. The van der Waals surface area contributed by atoms with E-state index in [1.165, 1.54) is 11.3 Å². The van der Waals surface area contributed by atoms with Crippen LogP contribution in [0.1, 0.15) is 58.7 Å². The summed E-state index contributed by atoms with van der Waals surface area (Å²) in [6, 6.07) is 6.98. The van der Waals surface area contributed by atoms with Crippen molar-refractivity contribution in [2.75, 3.05) is 26.2 Å². The maximum absolute atomic E-state index is 13.4. The number of hydrogen-bond donors (Lipinski definition) is 2. The van der Waals surface area contributed by atoms with Gasteiger partial charge in [-0.3, -0.25) is 4.79 Å². The molecule has 2 N–H and O–H groups in total. The number of piperazine rings is 1. The highest BCUT2D eigenvalue weighted by Gasteiger charge is 2.38. The van der Waals surface area contributed by atoms with Gasteiger partial charge in [0.1, 0.15) is 17.5 Å². The smallest absolute Gasteiger partial charge is 0.410 e. The van der Waals surface area contributed by atoms with Crippen LogP contribution in [0.5, 0.6) is 0 Å². The Labute approximate surface area is 218 Å².